The number of carbonyl (C=O) groups excluding carboxylic acids is 1. The zero-order valence-electron chi connectivity index (χ0n) is 9.90. The number of amides is 1. The lowest BCUT2D eigenvalue weighted by Gasteiger charge is -2.02. The molecule has 1 amide bonds. The monoisotopic (exact) mass is 267 g/mol. The van der Waals surface area contributed by atoms with E-state index in [9.17, 15) is 4.79 Å². The number of nitrogens with one attached hydrogen (secondary N) is 1. The second kappa shape index (κ2) is 5.01. The minimum atomic E-state index is 0.00590. The van der Waals surface area contributed by atoms with Gasteiger partial charge in [0.25, 0.3) is 0 Å². The Hall–Kier alpha value is -1.14. The van der Waals surface area contributed by atoms with E-state index in [1.54, 1.807) is 24.7 Å². The number of hydrogen-bond acceptors (Lipinski definition) is 5. The summed E-state index contributed by atoms with van der Waals surface area (Å²) in [4.78, 5) is 22.0. The molecule has 2 heterocycles. The molecule has 0 atom stereocenters. The van der Waals surface area contributed by atoms with E-state index < -0.39 is 0 Å². The molecule has 2 aromatic rings. The molecule has 2 rings (SSSR count). The zero-order chi connectivity index (χ0) is 12.4. The van der Waals surface area contributed by atoms with Crippen molar-refractivity contribution in [3.8, 4) is 0 Å². The van der Waals surface area contributed by atoms with Crippen LogP contribution in [0.15, 0.2) is 11.4 Å². The minimum Gasteiger partial charge on any atom is -0.358 e. The molecule has 0 saturated heterocycles. The molecule has 0 aromatic carbocycles. The summed E-state index contributed by atoms with van der Waals surface area (Å²) in [6.07, 6.45) is 1.56. The highest BCUT2D eigenvalue weighted by Gasteiger charge is 2.12. The number of aryl methyl sites for hydroxylation is 2. The predicted molar refractivity (Wildman–Crippen MR) is 71.7 cm³/mol. The van der Waals surface area contributed by atoms with Crippen LogP contribution in [0, 0.1) is 13.8 Å². The predicted octanol–water partition coefficient (Wildman–Crippen LogP) is 2.15. The SMILES string of the molecule is CNC(=O)CSc1ncnc2sc(C)c(C)c12. The molecule has 17 heavy (non-hydrogen) atoms. The first-order valence-corrected chi connectivity index (χ1v) is 6.97. The lowest BCUT2D eigenvalue weighted by molar-refractivity contribution is -0.118. The quantitative estimate of drug-likeness (QED) is 0.684. The molecular formula is C11H13N3OS2. The minimum absolute atomic E-state index is 0.00590. The third-order valence-corrected chi connectivity index (χ3v) is 4.65. The molecule has 0 spiro atoms. The van der Waals surface area contributed by atoms with E-state index in [0.29, 0.717) is 5.75 Å². The molecule has 0 unspecified atom stereocenters. The van der Waals surface area contributed by atoms with Gasteiger partial charge in [-0.1, -0.05) is 11.8 Å². The summed E-state index contributed by atoms with van der Waals surface area (Å²) >= 11 is 3.12. The summed E-state index contributed by atoms with van der Waals surface area (Å²) in [6, 6.07) is 0. The molecule has 0 saturated carbocycles. The third-order valence-electron chi connectivity index (χ3n) is 2.55. The molecule has 0 aliphatic heterocycles. The van der Waals surface area contributed by atoms with E-state index in [4.69, 9.17) is 0 Å². The molecule has 0 aliphatic carbocycles. The van der Waals surface area contributed by atoms with Crippen molar-refractivity contribution in [2.75, 3.05) is 12.8 Å². The maximum absolute atomic E-state index is 11.2. The molecule has 4 nitrogen and oxygen atoms in total. The first-order valence-electron chi connectivity index (χ1n) is 5.17. The van der Waals surface area contributed by atoms with E-state index in [1.807, 2.05) is 0 Å². The van der Waals surface area contributed by atoms with E-state index >= 15 is 0 Å². The van der Waals surface area contributed by atoms with E-state index in [0.717, 1.165) is 15.2 Å². The van der Waals surface area contributed by atoms with Crippen LogP contribution in [0.3, 0.4) is 0 Å². The average Bonchev–Trinajstić information content (AvgIpc) is 2.63. The lowest BCUT2D eigenvalue weighted by Crippen LogP contribution is -2.19. The van der Waals surface area contributed by atoms with Crippen LogP contribution < -0.4 is 5.32 Å². The fourth-order valence-electron chi connectivity index (χ4n) is 1.47. The van der Waals surface area contributed by atoms with Crippen LogP contribution in [-0.2, 0) is 4.79 Å². The van der Waals surface area contributed by atoms with Crippen LogP contribution >= 0.6 is 23.1 Å². The molecular weight excluding hydrogens is 254 g/mol. The smallest absolute Gasteiger partial charge is 0.230 e. The van der Waals surface area contributed by atoms with Crippen molar-refractivity contribution < 1.29 is 4.79 Å². The van der Waals surface area contributed by atoms with Crippen LogP contribution in [0.2, 0.25) is 0 Å². The van der Waals surface area contributed by atoms with Crippen molar-refractivity contribution in [1.29, 1.82) is 0 Å². The largest absolute Gasteiger partial charge is 0.358 e. The van der Waals surface area contributed by atoms with Gasteiger partial charge in [-0.25, -0.2) is 9.97 Å². The summed E-state index contributed by atoms with van der Waals surface area (Å²) in [5, 5.41) is 4.58. The van der Waals surface area contributed by atoms with Crippen molar-refractivity contribution in [3.05, 3.63) is 16.8 Å². The van der Waals surface area contributed by atoms with Gasteiger partial charge in [-0.3, -0.25) is 4.79 Å². The standard InChI is InChI=1S/C11H13N3OS2/c1-6-7(2)17-11-9(6)10(13-5-14-11)16-4-8(15)12-3/h5H,4H2,1-3H3,(H,12,15). The average molecular weight is 267 g/mol. The number of rotatable bonds is 3. The van der Waals surface area contributed by atoms with Crippen molar-refractivity contribution in [3.63, 3.8) is 0 Å². The number of aromatic nitrogens is 2. The Morgan fingerprint density at radius 1 is 1.47 bits per heavy atom. The van der Waals surface area contributed by atoms with Gasteiger partial charge in [0.15, 0.2) is 0 Å². The maximum Gasteiger partial charge on any atom is 0.230 e. The molecule has 0 fully saturated rings. The third kappa shape index (κ3) is 2.42. The molecule has 0 aliphatic rings. The highest BCUT2D eigenvalue weighted by Crippen LogP contribution is 2.34. The van der Waals surface area contributed by atoms with Gasteiger partial charge in [0, 0.05) is 17.3 Å². The number of carbonyl (C=O) groups is 1. The van der Waals surface area contributed by atoms with E-state index in [2.05, 4.69) is 29.1 Å². The van der Waals surface area contributed by atoms with Gasteiger partial charge in [0.05, 0.1) is 5.75 Å². The number of thioether (sulfide) groups is 1. The first-order chi connectivity index (χ1) is 8.13. The molecule has 6 heteroatoms. The first kappa shape index (κ1) is 12.3. The Labute approximate surface area is 108 Å². The summed E-state index contributed by atoms with van der Waals surface area (Å²) < 4.78 is 0. The van der Waals surface area contributed by atoms with Crippen molar-refractivity contribution in [1.82, 2.24) is 15.3 Å². The summed E-state index contributed by atoms with van der Waals surface area (Å²) in [6.45, 7) is 4.15. The highest BCUT2D eigenvalue weighted by atomic mass is 32.2. The molecule has 0 radical (unpaired) electrons. The number of hydrogen-bond donors (Lipinski definition) is 1. The van der Waals surface area contributed by atoms with Gasteiger partial charge >= 0.3 is 0 Å². The van der Waals surface area contributed by atoms with Crippen LogP contribution in [0.25, 0.3) is 10.2 Å². The van der Waals surface area contributed by atoms with Gasteiger partial charge in [0.1, 0.15) is 16.2 Å². The Morgan fingerprint density at radius 3 is 2.94 bits per heavy atom. The second-order valence-electron chi connectivity index (χ2n) is 3.60. The summed E-state index contributed by atoms with van der Waals surface area (Å²) in [7, 11) is 1.64. The van der Waals surface area contributed by atoms with Crippen molar-refractivity contribution in [2.45, 2.75) is 18.9 Å². The summed E-state index contributed by atoms with van der Waals surface area (Å²) in [5.41, 5.74) is 1.21. The fourth-order valence-corrected chi connectivity index (χ4v) is 3.45. The fraction of sp³-hybridized carbons (Fsp3) is 0.364. The molecule has 2 aromatic heterocycles. The molecule has 0 bridgehead atoms. The maximum atomic E-state index is 11.2. The van der Waals surface area contributed by atoms with Crippen molar-refractivity contribution in [2.24, 2.45) is 0 Å². The van der Waals surface area contributed by atoms with Gasteiger partial charge in [-0.15, -0.1) is 11.3 Å². The molecule has 1 N–H and O–H groups in total. The lowest BCUT2D eigenvalue weighted by atomic mass is 10.2. The Kier molecular flexibility index (Phi) is 3.63. The number of thiophene rings is 1. The zero-order valence-corrected chi connectivity index (χ0v) is 11.5. The van der Waals surface area contributed by atoms with Gasteiger partial charge < -0.3 is 5.32 Å². The van der Waals surface area contributed by atoms with Crippen LogP contribution in [-0.4, -0.2) is 28.7 Å². The number of fused-ring (bicyclic) bond motifs is 1. The van der Waals surface area contributed by atoms with Crippen molar-refractivity contribution >= 4 is 39.2 Å². The van der Waals surface area contributed by atoms with E-state index in [-0.39, 0.29) is 5.91 Å². The normalized spacial score (nSPS) is 10.8. The second-order valence-corrected chi connectivity index (χ2v) is 5.77. The Bertz CT molecular complexity index is 565. The summed E-state index contributed by atoms with van der Waals surface area (Å²) in [5.74, 6) is 0.392. The van der Waals surface area contributed by atoms with Crippen LogP contribution in [0.1, 0.15) is 10.4 Å². The van der Waals surface area contributed by atoms with Gasteiger partial charge in [-0.2, -0.15) is 0 Å². The Morgan fingerprint density at radius 2 is 2.24 bits per heavy atom. The highest BCUT2D eigenvalue weighted by molar-refractivity contribution is 8.00. The molecule has 90 valence electrons. The number of nitrogens with zero attached hydrogens (tertiary/aromatic N) is 2. The van der Waals surface area contributed by atoms with Gasteiger partial charge in [-0.05, 0) is 19.4 Å². The Balaban J connectivity index is 2.37. The van der Waals surface area contributed by atoms with Gasteiger partial charge in [0.2, 0.25) is 5.91 Å². The van der Waals surface area contributed by atoms with Crippen LogP contribution in [0.5, 0.6) is 0 Å². The van der Waals surface area contributed by atoms with Crippen LogP contribution in [0.4, 0.5) is 0 Å². The van der Waals surface area contributed by atoms with E-state index in [1.165, 1.54) is 22.2 Å². The topological polar surface area (TPSA) is 54.9 Å².